The maximum atomic E-state index is 9.13. The summed E-state index contributed by atoms with van der Waals surface area (Å²) in [5, 5.41) is 13.6. The zero-order chi connectivity index (χ0) is 16.2. The van der Waals surface area contributed by atoms with Crippen LogP contribution in [0.15, 0.2) is 12.4 Å². The third-order valence-corrected chi connectivity index (χ3v) is 5.14. The van der Waals surface area contributed by atoms with Crippen LogP contribution in [0.1, 0.15) is 31.0 Å². The van der Waals surface area contributed by atoms with Gasteiger partial charge in [-0.2, -0.15) is 9.64 Å². The van der Waals surface area contributed by atoms with Crippen LogP contribution >= 0.6 is 23.1 Å². The lowest BCUT2D eigenvalue weighted by Gasteiger charge is -2.33. The molecule has 120 valence electrons. The number of aryl methyl sites for hydroxylation is 1. The Labute approximate surface area is 144 Å². The summed E-state index contributed by atoms with van der Waals surface area (Å²) in [7, 11) is 0. The quantitative estimate of drug-likeness (QED) is 0.914. The highest BCUT2D eigenvalue weighted by atomic mass is 35.5. The van der Waals surface area contributed by atoms with Crippen LogP contribution in [0.4, 0.5) is 10.8 Å². The lowest BCUT2D eigenvalue weighted by Crippen LogP contribution is -2.39. The zero-order valence-electron chi connectivity index (χ0n) is 12.8. The van der Waals surface area contributed by atoms with Crippen molar-refractivity contribution in [3.8, 4) is 6.07 Å². The second kappa shape index (κ2) is 7.11. The van der Waals surface area contributed by atoms with Gasteiger partial charge in [0.05, 0.1) is 0 Å². The van der Waals surface area contributed by atoms with Gasteiger partial charge in [0, 0.05) is 30.9 Å². The summed E-state index contributed by atoms with van der Waals surface area (Å²) >= 11 is 7.16. The number of hydrogen-bond donors (Lipinski definition) is 1. The molecule has 1 N–H and O–H groups in total. The van der Waals surface area contributed by atoms with Crippen molar-refractivity contribution in [2.45, 2.75) is 32.2 Å². The molecule has 1 fully saturated rings. The summed E-state index contributed by atoms with van der Waals surface area (Å²) in [6.45, 7) is 3.94. The van der Waals surface area contributed by atoms with Crippen molar-refractivity contribution >= 4 is 34.0 Å². The van der Waals surface area contributed by atoms with E-state index in [1.807, 2.05) is 0 Å². The first kappa shape index (κ1) is 16.0. The van der Waals surface area contributed by atoms with Crippen LogP contribution in [0.2, 0.25) is 5.15 Å². The molecule has 2 aromatic heterocycles. The highest BCUT2D eigenvalue weighted by molar-refractivity contribution is 7.10. The molecule has 0 atom stereocenters. The third-order valence-electron chi connectivity index (χ3n) is 3.99. The predicted octanol–water partition coefficient (Wildman–Crippen LogP) is 3.10. The first-order valence-electron chi connectivity index (χ1n) is 7.59. The van der Waals surface area contributed by atoms with Crippen LogP contribution in [-0.4, -0.2) is 33.5 Å². The van der Waals surface area contributed by atoms with Crippen molar-refractivity contribution in [2.75, 3.05) is 23.3 Å². The van der Waals surface area contributed by atoms with E-state index in [4.69, 9.17) is 16.9 Å². The normalized spacial score (nSPS) is 15.4. The number of hydrogen-bond acceptors (Lipinski definition) is 7. The molecule has 0 aromatic carbocycles. The van der Waals surface area contributed by atoms with Crippen LogP contribution < -0.4 is 10.2 Å². The van der Waals surface area contributed by atoms with Crippen LogP contribution in [0.25, 0.3) is 0 Å². The molecule has 2 aromatic rings. The molecule has 3 rings (SSSR count). The average Bonchev–Trinajstić information content (AvgIpc) is 2.95. The summed E-state index contributed by atoms with van der Waals surface area (Å²) in [6.07, 6.45) is 4.51. The number of nitrogens with zero attached hydrogens (tertiary/aromatic N) is 5. The molecule has 6 nitrogen and oxygen atoms in total. The van der Waals surface area contributed by atoms with Crippen molar-refractivity contribution in [2.24, 2.45) is 0 Å². The van der Waals surface area contributed by atoms with Crippen molar-refractivity contribution in [1.82, 2.24) is 14.3 Å². The highest BCUT2D eigenvalue weighted by Crippen LogP contribution is 2.30. The van der Waals surface area contributed by atoms with Crippen LogP contribution in [0, 0.1) is 11.3 Å². The molecule has 1 aliphatic rings. The zero-order valence-corrected chi connectivity index (χ0v) is 14.4. The lowest BCUT2D eigenvalue weighted by atomic mass is 10.0. The number of anilines is 2. The molecule has 0 unspecified atom stereocenters. The highest BCUT2D eigenvalue weighted by Gasteiger charge is 2.22. The molecule has 3 heterocycles. The molecule has 0 spiro atoms. The number of nitrogens with one attached hydrogen (secondary N) is 1. The van der Waals surface area contributed by atoms with E-state index in [1.54, 1.807) is 6.33 Å². The van der Waals surface area contributed by atoms with E-state index >= 15 is 0 Å². The van der Waals surface area contributed by atoms with Crippen molar-refractivity contribution < 1.29 is 0 Å². The Morgan fingerprint density at radius 2 is 2.22 bits per heavy atom. The Kier molecular flexibility index (Phi) is 4.94. The Morgan fingerprint density at radius 1 is 1.43 bits per heavy atom. The van der Waals surface area contributed by atoms with Crippen molar-refractivity contribution in [3.63, 3.8) is 0 Å². The molecule has 23 heavy (non-hydrogen) atoms. The summed E-state index contributed by atoms with van der Waals surface area (Å²) < 4.78 is 4.03. The maximum Gasteiger partial charge on any atom is 0.162 e. The predicted molar refractivity (Wildman–Crippen MR) is 92.1 cm³/mol. The second-order valence-corrected chi connectivity index (χ2v) is 6.55. The number of piperidine rings is 1. The van der Waals surface area contributed by atoms with Crippen LogP contribution in [0.3, 0.4) is 0 Å². The van der Waals surface area contributed by atoms with Gasteiger partial charge >= 0.3 is 0 Å². The fourth-order valence-electron chi connectivity index (χ4n) is 2.66. The minimum atomic E-state index is 0.283. The number of rotatable bonds is 4. The van der Waals surface area contributed by atoms with E-state index in [0.717, 1.165) is 48.9 Å². The minimum Gasteiger partial charge on any atom is -0.372 e. The second-order valence-electron chi connectivity index (χ2n) is 5.42. The summed E-state index contributed by atoms with van der Waals surface area (Å²) in [5.74, 6) is 0.994. The topological polar surface area (TPSA) is 77.7 Å². The molecular weight excluding hydrogens is 332 g/mol. The fourth-order valence-corrected chi connectivity index (χ4v) is 3.67. The third kappa shape index (κ3) is 3.54. The van der Waals surface area contributed by atoms with E-state index in [1.165, 1.54) is 11.5 Å². The van der Waals surface area contributed by atoms with E-state index in [-0.39, 0.29) is 5.15 Å². The van der Waals surface area contributed by atoms with Gasteiger partial charge < -0.3 is 10.2 Å². The maximum absolute atomic E-state index is 9.13. The number of nitriles is 1. The van der Waals surface area contributed by atoms with E-state index in [9.17, 15) is 0 Å². The summed E-state index contributed by atoms with van der Waals surface area (Å²) in [5.41, 5.74) is 1.51. The monoisotopic (exact) mass is 348 g/mol. The Bertz CT molecular complexity index is 717. The van der Waals surface area contributed by atoms with Gasteiger partial charge in [-0.1, -0.05) is 18.5 Å². The summed E-state index contributed by atoms with van der Waals surface area (Å²) in [4.78, 5) is 10.9. The smallest absolute Gasteiger partial charge is 0.162 e. The Balaban J connectivity index is 1.61. The van der Waals surface area contributed by atoms with E-state index in [0.29, 0.717) is 11.6 Å². The first-order valence-corrected chi connectivity index (χ1v) is 8.74. The van der Waals surface area contributed by atoms with E-state index in [2.05, 4.69) is 43.6 Å². The lowest BCUT2D eigenvalue weighted by molar-refractivity contribution is 0.524. The van der Waals surface area contributed by atoms with Crippen LogP contribution in [-0.2, 0) is 6.42 Å². The Hall–Kier alpha value is -1.91. The molecule has 1 saturated heterocycles. The fraction of sp³-hybridized carbons (Fsp3) is 0.467. The number of aromatic nitrogens is 3. The largest absolute Gasteiger partial charge is 0.372 e. The molecule has 0 radical (unpaired) electrons. The minimum absolute atomic E-state index is 0.283. The van der Waals surface area contributed by atoms with Gasteiger partial charge in [-0.15, -0.1) is 0 Å². The van der Waals surface area contributed by atoms with Gasteiger partial charge in [-0.3, -0.25) is 0 Å². The Morgan fingerprint density at radius 3 is 2.91 bits per heavy atom. The van der Waals surface area contributed by atoms with Crippen molar-refractivity contribution in [3.05, 3.63) is 28.8 Å². The van der Waals surface area contributed by atoms with Gasteiger partial charge in [0.15, 0.2) is 5.15 Å². The number of halogens is 1. The van der Waals surface area contributed by atoms with Crippen molar-refractivity contribution in [1.29, 1.82) is 5.26 Å². The average molecular weight is 349 g/mol. The first-order chi connectivity index (χ1) is 11.2. The van der Waals surface area contributed by atoms with Crippen LogP contribution in [0.5, 0.6) is 0 Å². The van der Waals surface area contributed by atoms with E-state index < -0.39 is 0 Å². The molecule has 0 amide bonds. The van der Waals surface area contributed by atoms with Gasteiger partial charge in [0.25, 0.3) is 0 Å². The molecular formula is C15H17ClN6S. The molecule has 8 heteroatoms. The molecule has 0 bridgehead atoms. The molecule has 1 aliphatic heterocycles. The molecule has 0 saturated carbocycles. The van der Waals surface area contributed by atoms with Gasteiger partial charge in [-0.25, -0.2) is 9.97 Å². The molecule has 0 aliphatic carbocycles. The van der Waals surface area contributed by atoms with Gasteiger partial charge in [0.2, 0.25) is 0 Å². The standard InChI is InChI=1S/C15H17ClN6S/c1-2-10-7-13(19-9-18-10)22-5-3-11(4-6-22)20-15-12(8-17)14(16)21-23-15/h7,9,11,20H,2-6H2,1H3. The van der Waals surface area contributed by atoms with Gasteiger partial charge in [-0.05, 0) is 30.8 Å². The van der Waals surface area contributed by atoms with Gasteiger partial charge in [0.1, 0.15) is 28.8 Å². The SMILES string of the molecule is CCc1cc(N2CCC(Nc3snc(Cl)c3C#N)CC2)ncn1. The summed E-state index contributed by atoms with van der Waals surface area (Å²) in [6, 6.07) is 4.49.